The number of hydrogen-bond acceptors (Lipinski definition) is 6. The van der Waals surface area contributed by atoms with Crippen LogP contribution in [0.25, 0.3) is 22.2 Å². The quantitative estimate of drug-likeness (QED) is 0.390. The number of rotatable bonds is 10. The fourth-order valence-electron chi connectivity index (χ4n) is 4.49. The lowest BCUT2D eigenvalue weighted by atomic mass is 9.95. The molecule has 1 aliphatic carbocycles. The Morgan fingerprint density at radius 2 is 1.94 bits per heavy atom. The van der Waals surface area contributed by atoms with E-state index in [4.69, 9.17) is 19.0 Å². The number of aromatic nitrogens is 2. The van der Waals surface area contributed by atoms with Gasteiger partial charge in [0, 0.05) is 17.9 Å². The maximum absolute atomic E-state index is 10.7. The number of hydrogen-bond donors (Lipinski definition) is 1. The summed E-state index contributed by atoms with van der Waals surface area (Å²) in [6, 6.07) is 7.96. The molecule has 1 saturated carbocycles. The third-order valence-electron chi connectivity index (χ3n) is 6.15. The molecule has 0 spiro atoms. The fraction of sp³-hybridized carbons (Fsp3) is 0.480. The highest BCUT2D eigenvalue weighted by molar-refractivity contribution is 5.97. The average Bonchev–Trinajstić information content (AvgIpc) is 3.45. The van der Waals surface area contributed by atoms with Gasteiger partial charge < -0.3 is 19.0 Å². The monoisotopic (exact) mass is 438 g/mol. The zero-order valence-corrected chi connectivity index (χ0v) is 18.7. The van der Waals surface area contributed by atoms with E-state index in [1.54, 1.807) is 7.11 Å². The van der Waals surface area contributed by atoms with Crippen LogP contribution in [-0.2, 0) is 4.79 Å². The average molecular weight is 439 g/mol. The van der Waals surface area contributed by atoms with Gasteiger partial charge in [0.2, 0.25) is 11.6 Å². The second-order valence-electron chi connectivity index (χ2n) is 8.48. The first-order valence-electron chi connectivity index (χ1n) is 11.4. The van der Waals surface area contributed by atoms with Gasteiger partial charge >= 0.3 is 5.97 Å². The standard InChI is InChI=1S/C25H30N2O5/c1-16(7-3-6-10-20(28)29)31-24-22-21(17-11-13-19(30-2)14-12-17)23(18-8-4-5-9-18)32-25(22)27-15-26-24/h11-16,18H,3-10H2,1-2H3,(H,28,29)/t16-/m1/s1. The first-order valence-corrected chi connectivity index (χ1v) is 11.4. The first-order chi connectivity index (χ1) is 15.6. The van der Waals surface area contributed by atoms with Crippen LogP contribution in [0, 0.1) is 0 Å². The molecule has 32 heavy (non-hydrogen) atoms. The van der Waals surface area contributed by atoms with E-state index in [0.29, 0.717) is 23.9 Å². The Morgan fingerprint density at radius 1 is 1.19 bits per heavy atom. The molecule has 7 nitrogen and oxygen atoms in total. The van der Waals surface area contributed by atoms with E-state index in [1.165, 1.54) is 19.2 Å². The van der Waals surface area contributed by atoms with Crippen LogP contribution in [0.3, 0.4) is 0 Å². The summed E-state index contributed by atoms with van der Waals surface area (Å²) in [6.07, 6.45) is 8.34. The summed E-state index contributed by atoms with van der Waals surface area (Å²) < 4.78 is 17.9. The highest BCUT2D eigenvalue weighted by Crippen LogP contribution is 2.46. The SMILES string of the molecule is COc1ccc(-c2c(C3CCCC3)oc3ncnc(O[C@H](C)CCCCC(=O)O)c23)cc1. The second-order valence-corrected chi connectivity index (χ2v) is 8.48. The number of fused-ring (bicyclic) bond motifs is 1. The zero-order valence-electron chi connectivity index (χ0n) is 18.7. The molecular weight excluding hydrogens is 408 g/mol. The van der Waals surface area contributed by atoms with Crippen LogP contribution in [0.1, 0.15) is 70.0 Å². The molecule has 2 heterocycles. The Balaban J connectivity index is 1.68. The Labute approximate surface area is 187 Å². The van der Waals surface area contributed by atoms with Gasteiger partial charge in [-0.15, -0.1) is 0 Å². The molecule has 0 amide bonds. The molecule has 1 N–H and O–H groups in total. The van der Waals surface area contributed by atoms with Crippen molar-refractivity contribution in [2.75, 3.05) is 7.11 Å². The first kappa shape index (κ1) is 22.1. The molecule has 0 radical (unpaired) electrons. The number of ether oxygens (including phenoxy) is 2. The fourth-order valence-corrected chi connectivity index (χ4v) is 4.49. The number of unbranched alkanes of at least 4 members (excludes halogenated alkanes) is 1. The summed E-state index contributed by atoms with van der Waals surface area (Å²) in [6.45, 7) is 1.99. The summed E-state index contributed by atoms with van der Waals surface area (Å²) in [5.74, 6) is 1.87. The van der Waals surface area contributed by atoms with Crippen LogP contribution >= 0.6 is 0 Å². The van der Waals surface area contributed by atoms with Gasteiger partial charge in [-0.3, -0.25) is 4.79 Å². The van der Waals surface area contributed by atoms with E-state index < -0.39 is 5.97 Å². The van der Waals surface area contributed by atoms with Crippen LogP contribution in [-0.4, -0.2) is 34.3 Å². The smallest absolute Gasteiger partial charge is 0.303 e. The largest absolute Gasteiger partial charge is 0.497 e. The summed E-state index contributed by atoms with van der Waals surface area (Å²) in [5, 5.41) is 9.63. The number of furan rings is 1. The minimum Gasteiger partial charge on any atom is -0.497 e. The molecule has 1 atom stereocenters. The van der Waals surface area contributed by atoms with Crippen molar-refractivity contribution in [3.63, 3.8) is 0 Å². The number of benzene rings is 1. The van der Waals surface area contributed by atoms with Gasteiger partial charge in [0.15, 0.2) is 0 Å². The highest BCUT2D eigenvalue weighted by atomic mass is 16.5. The van der Waals surface area contributed by atoms with Gasteiger partial charge in [0.1, 0.15) is 23.2 Å². The number of nitrogens with zero attached hydrogens (tertiary/aromatic N) is 2. The molecular formula is C25H30N2O5. The second kappa shape index (κ2) is 10.0. The van der Waals surface area contributed by atoms with Crippen molar-refractivity contribution < 1.29 is 23.8 Å². The highest BCUT2D eigenvalue weighted by Gasteiger charge is 2.29. The molecule has 4 rings (SSSR count). The lowest BCUT2D eigenvalue weighted by Crippen LogP contribution is -2.13. The van der Waals surface area contributed by atoms with E-state index >= 15 is 0 Å². The minimum absolute atomic E-state index is 0.101. The van der Waals surface area contributed by atoms with Crippen LogP contribution in [0.2, 0.25) is 0 Å². The molecule has 1 aliphatic rings. The van der Waals surface area contributed by atoms with Gasteiger partial charge in [-0.25, -0.2) is 9.97 Å². The molecule has 3 aromatic rings. The van der Waals surface area contributed by atoms with Gasteiger partial charge in [0.25, 0.3) is 0 Å². The maximum atomic E-state index is 10.7. The van der Waals surface area contributed by atoms with Gasteiger partial charge in [-0.2, -0.15) is 0 Å². The number of aliphatic carboxylic acids is 1. The zero-order chi connectivity index (χ0) is 22.5. The molecule has 7 heteroatoms. The van der Waals surface area contributed by atoms with E-state index in [0.717, 1.165) is 53.7 Å². The summed E-state index contributed by atoms with van der Waals surface area (Å²) in [4.78, 5) is 19.6. The molecule has 170 valence electrons. The molecule has 0 unspecified atom stereocenters. The maximum Gasteiger partial charge on any atom is 0.303 e. The van der Waals surface area contributed by atoms with Crippen molar-refractivity contribution in [3.05, 3.63) is 36.4 Å². The third-order valence-corrected chi connectivity index (χ3v) is 6.15. The van der Waals surface area contributed by atoms with Crippen LogP contribution in [0.5, 0.6) is 11.6 Å². The predicted molar refractivity (Wildman–Crippen MR) is 121 cm³/mol. The molecule has 1 fully saturated rings. The summed E-state index contributed by atoms with van der Waals surface area (Å²) >= 11 is 0. The lowest BCUT2D eigenvalue weighted by Gasteiger charge is -2.15. The van der Waals surface area contributed by atoms with Crippen molar-refractivity contribution in [2.24, 2.45) is 0 Å². The molecule has 0 saturated heterocycles. The van der Waals surface area contributed by atoms with Crippen molar-refractivity contribution in [2.45, 2.75) is 70.3 Å². The van der Waals surface area contributed by atoms with Gasteiger partial charge in [0.05, 0.1) is 13.2 Å². The predicted octanol–water partition coefficient (Wildman–Crippen LogP) is 5.97. The summed E-state index contributed by atoms with van der Waals surface area (Å²) in [7, 11) is 1.66. The Hall–Kier alpha value is -3.09. The van der Waals surface area contributed by atoms with Crippen molar-refractivity contribution in [1.29, 1.82) is 0 Å². The van der Waals surface area contributed by atoms with Crippen LogP contribution in [0.15, 0.2) is 35.0 Å². The third kappa shape index (κ3) is 4.87. The summed E-state index contributed by atoms with van der Waals surface area (Å²) in [5.41, 5.74) is 2.57. The van der Waals surface area contributed by atoms with Crippen molar-refractivity contribution in [3.8, 4) is 22.8 Å². The number of methoxy groups -OCH3 is 1. The van der Waals surface area contributed by atoms with Crippen molar-refractivity contribution in [1.82, 2.24) is 9.97 Å². The molecule has 1 aromatic carbocycles. The van der Waals surface area contributed by atoms with E-state index in [1.807, 2.05) is 31.2 Å². The van der Waals surface area contributed by atoms with Gasteiger partial charge in [-0.1, -0.05) is 25.0 Å². The Kier molecular flexibility index (Phi) is 6.93. The topological polar surface area (TPSA) is 94.7 Å². The van der Waals surface area contributed by atoms with E-state index in [-0.39, 0.29) is 12.5 Å². The van der Waals surface area contributed by atoms with Crippen LogP contribution in [0.4, 0.5) is 0 Å². The lowest BCUT2D eigenvalue weighted by molar-refractivity contribution is -0.137. The normalized spacial score (nSPS) is 15.2. The number of carboxylic acid groups (broad SMARTS) is 1. The molecule has 0 bridgehead atoms. The number of carboxylic acids is 1. The minimum atomic E-state index is -0.766. The number of carbonyl (C=O) groups is 1. The van der Waals surface area contributed by atoms with Crippen molar-refractivity contribution >= 4 is 17.1 Å². The van der Waals surface area contributed by atoms with E-state index in [2.05, 4.69) is 9.97 Å². The molecule has 0 aliphatic heterocycles. The van der Waals surface area contributed by atoms with Crippen LogP contribution < -0.4 is 9.47 Å². The Bertz CT molecular complexity index is 1050. The van der Waals surface area contributed by atoms with Gasteiger partial charge in [-0.05, 0) is 56.7 Å². The van der Waals surface area contributed by atoms with E-state index in [9.17, 15) is 4.79 Å². The molecule has 2 aromatic heterocycles. The Morgan fingerprint density at radius 3 is 2.62 bits per heavy atom.